The van der Waals surface area contributed by atoms with Gasteiger partial charge in [-0.15, -0.1) is 0 Å². The van der Waals surface area contributed by atoms with Crippen molar-refractivity contribution in [2.75, 3.05) is 13.2 Å². The van der Waals surface area contributed by atoms with Crippen molar-refractivity contribution in [3.05, 3.63) is 134 Å². The minimum absolute atomic E-state index is 0.0908. The number of carbonyl (C=O) groups excluding carboxylic acids is 3. The molecule has 1 atom stereocenters. The Morgan fingerprint density at radius 1 is 0.253 bits per heavy atom. The molecule has 1 unspecified atom stereocenters. The van der Waals surface area contributed by atoms with Gasteiger partial charge in [0.2, 0.25) is 0 Å². The lowest BCUT2D eigenvalue weighted by Gasteiger charge is -2.18. The summed E-state index contributed by atoms with van der Waals surface area (Å²) in [5.74, 6) is -0.907. The average molecular weight is 1150 g/mol. The van der Waals surface area contributed by atoms with E-state index in [0.29, 0.717) is 19.3 Å². The van der Waals surface area contributed by atoms with Crippen LogP contribution >= 0.6 is 0 Å². The van der Waals surface area contributed by atoms with Gasteiger partial charge in [-0.25, -0.2) is 0 Å². The van der Waals surface area contributed by atoms with Crippen molar-refractivity contribution in [2.45, 2.75) is 322 Å². The Balaban J connectivity index is 4.42. The van der Waals surface area contributed by atoms with Gasteiger partial charge in [-0.3, -0.25) is 14.4 Å². The van der Waals surface area contributed by atoms with Gasteiger partial charge in [0.15, 0.2) is 6.10 Å². The summed E-state index contributed by atoms with van der Waals surface area (Å²) in [6, 6.07) is 0. The Bertz CT molecular complexity index is 1750. The van der Waals surface area contributed by atoms with E-state index in [1.807, 2.05) is 0 Å². The monoisotopic (exact) mass is 1150 g/mol. The average Bonchev–Trinajstić information content (AvgIpc) is 3.50. The molecular weight excluding hydrogens is 1020 g/mol. The second-order valence-electron chi connectivity index (χ2n) is 22.7. The highest BCUT2D eigenvalue weighted by atomic mass is 16.6. The number of ether oxygens (including phenoxy) is 3. The number of allylic oxidation sites excluding steroid dienone is 22. The molecule has 0 rings (SSSR count). The van der Waals surface area contributed by atoms with E-state index in [9.17, 15) is 14.4 Å². The van der Waals surface area contributed by atoms with E-state index >= 15 is 0 Å². The van der Waals surface area contributed by atoms with Gasteiger partial charge in [0.05, 0.1) is 0 Å². The predicted octanol–water partition coefficient (Wildman–Crippen LogP) is 24.1. The second-order valence-corrected chi connectivity index (χ2v) is 22.7. The Labute approximate surface area is 513 Å². The topological polar surface area (TPSA) is 78.9 Å². The first-order chi connectivity index (χ1) is 41.0. The van der Waals surface area contributed by atoms with Gasteiger partial charge in [-0.1, -0.05) is 296 Å². The Morgan fingerprint density at radius 2 is 0.470 bits per heavy atom. The molecule has 472 valence electrons. The molecule has 0 aromatic rings. The molecule has 0 amide bonds. The molecule has 0 aromatic heterocycles. The van der Waals surface area contributed by atoms with Crippen LogP contribution in [-0.2, 0) is 28.6 Å². The maximum absolute atomic E-state index is 13.0. The predicted molar refractivity (Wildman–Crippen MR) is 362 cm³/mol. The molecule has 0 saturated heterocycles. The van der Waals surface area contributed by atoms with Crippen molar-refractivity contribution in [1.29, 1.82) is 0 Å². The number of hydrogen-bond acceptors (Lipinski definition) is 6. The fourth-order valence-corrected chi connectivity index (χ4v) is 9.49. The van der Waals surface area contributed by atoms with Gasteiger partial charge >= 0.3 is 17.9 Å². The van der Waals surface area contributed by atoms with Crippen LogP contribution in [0.1, 0.15) is 316 Å². The van der Waals surface area contributed by atoms with Crippen molar-refractivity contribution in [3.63, 3.8) is 0 Å². The van der Waals surface area contributed by atoms with Crippen LogP contribution in [0.4, 0.5) is 0 Å². The smallest absolute Gasteiger partial charge is 0.306 e. The largest absolute Gasteiger partial charge is 0.462 e. The number of hydrogen-bond donors (Lipinski definition) is 0. The van der Waals surface area contributed by atoms with E-state index in [1.165, 1.54) is 135 Å². The fraction of sp³-hybridized carbons (Fsp3) is 0.675. The molecule has 83 heavy (non-hydrogen) atoms. The summed E-state index contributed by atoms with van der Waals surface area (Å²) < 4.78 is 17.0. The van der Waals surface area contributed by atoms with E-state index in [0.717, 1.165) is 141 Å². The molecule has 0 aliphatic carbocycles. The van der Waals surface area contributed by atoms with Gasteiger partial charge in [0, 0.05) is 19.3 Å². The summed E-state index contributed by atoms with van der Waals surface area (Å²) in [7, 11) is 0. The molecule has 0 aromatic carbocycles. The fourth-order valence-electron chi connectivity index (χ4n) is 9.49. The lowest BCUT2D eigenvalue weighted by atomic mass is 10.0. The molecule has 0 aliphatic heterocycles. The Morgan fingerprint density at radius 3 is 0.735 bits per heavy atom. The highest BCUT2D eigenvalue weighted by Gasteiger charge is 2.19. The van der Waals surface area contributed by atoms with E-state index in [2.05, 4.69) is 154 Å². The van der Waals surface area contributed by atoms with Crippen LogP contribution in [0.2, 0.25) is 0 Å². The van der Waals surface area contributed by atoms with Crippen LogP contribution < -0.4 is 0 Å². The molecule has 0 spiro atoms. The normalized spacial score (nSPS) is 13.0. The van der Waals surface area contributed by atoms with Crippen LogP contribution in [0.15, 0.2) is 134 Å². The minimum atomic E-state index is -0.798. The summed E-state index contributed by atoms with van der Waals surface area (Å²) in [6.07, 6.45) is 98.9. The Hall–Kier alpha value is -4.45. The summed E-state index contributed by atoms with van der Waals surface area (Å²) in [4.78, 5) is 38.5. The number of esters is 3. The van der Waals surface area contributed by atoms with Crippen LogP contribution in [0, 0.1) is 0 Å². The maximum Gasteiger partial charge on any atom is 0.306 e. The maximum atomic E-state index is 13.0. The summed E-state index contributed by atoms with van der Waals surface area (Å²) in [6.45, 7) is 6.40. The first-order valence-electron chi connectivity index (χ1n) is 34.7. The van der Waals surface area contributed by atoms with E-state index in [-0.39, 0.29) is 31.1 Å². The first kappa shape index (κ1) is 78.5. The Kier molecular flexibility index (Phi) is 66.3. The van der Waals surface area contributed by atoms with Crippen molar-refractivity contribution in [2.24, 2.45) is 0 Å². The van der Waals surface area contributed by atoms with Crippen molar-refractivity contribution in [1.82, 2.24) is 0 Å². The van der Waals surface area contributed by atoms with Gasteiger partial charge in [-0.2, -0.15) is 0 Å². The number of rotatable bonds is 62. The number of carbonyl (C=O) groups is 3. The SMILES string of the molecule is CC/C=C\C/C=C\C/C=C\C/C=C\C/C=C\CCCCCCCC(=O)OC(COC(=O)CCCCCCCCCCC/C=C\C/C=C\CCCCC)COC(=O)CCCCCCCCCCCCCC/C=C\C/C=C\C/C=C\C/C=C\CC. The third kappa shape index (κ3) is 68.2. The highest BCUT2D eigenvalue weighted by molar-refractivity contribution is 5.71. The molecule has 0 saturated carbocycles. The minimum Gasteiger partial charge on any atom is -0.462 e. The third-order valence-electron chi connectivity index (χ3n) is 14.6. The molecule has 6 heteroatoms. The van der Waals surface area contributed by atoms with Crippen molar-refractivity contribution >= 4 is 17.9 Å². The lowest BCUT2D eigenvalue weighted by molar-refractivity contribution is -0.167. The third-order valence-corrected chi connectivity index (χ3v) is 14.6. The van der Waals surface area contributed by atoms with E-state index in [4.69, 9.17) is 14.2 Å². The zero-order valence-electron chi connectivity index (χ0n) is 54.2. The molecule has 0 aliphatic rings. The zero-order valence-corrected chi connectivity index (χ0v) is 54.2. The molecular formula is C77H128O6. The van der Waals surface area contributed by atoms with Gasteiger partial charge in [0.25, 0.3) is 0 Å². The van der Waals surface area contributed by atoms with Crippen LogP contribution in [0.5, 0.6) is 0 Å². The second kappa shape index (κ2) is 70.0. The summed E-state index contributed by atoms with van der Waals surface area (Å²) >= 11 is 0. The molecule has 0 radical (unpaired) electrons. The van der Waals surface area contributed by atoms with Crippen LogP contribution in [0.25, 0.3) is 0 Å². The molecule has 0 N–H and O–H groups in total. The van der Waals surface area contributed by atoms with Crippen molar-refractivity contribution in [3.8, 4) is 0 Å². The van der Waals surface area contributed by atoms with Gasteiger partial charge in [0.1, 0.15) is 13.2 Å². The van der Waals surface area contributed by atoms with Crippen molar-refractivity contribution < 1.29 is 28.6 Å². The lowest BCUT2D eigenvalue weighted by Crippen LogP contribution is -2.30. The van der Waals surface area contributed by atoms with Gasteiger partial charge < -0.3 is 14.2 Å². The van der Waals surface area contributed by atoms with Crippen LogP contribution in [-0.4, -0.2) is 37.2 Å². The van der Waals surface area contributed by atoms with Gasteiger partial charge in [-0.05, 0) is 135 Å². The van der Waals surface area contributed by atoms with E-state index in [1.54, 1.807) is 0 Å². The number of unbranched alkanes of at least 4 members (excludes halogenated alkanes) is 29. The highest BCUT2D eigenvalue weighted by Crippen LogP contribution is 2.16. The molecule has 0 heterocycles. The summed E-state index contributed by atoms with van der Waals surface area (Å²) in [5.41, 5.74) is 0. The van der Waals surface area contributed by atoms with E-state index < -0.39 is 6.10 Å². The standard InChI is InChI=1S/C77H128O6/c1-4-7-10-13-16-19-22-25-28-31-34-36-37-38-39-41-43-46-49-52-55-58-61-64-67-70-76(79)82-73-74(72-81-75(78)69-66-63-60-57-54-51-48-45-42-33-30-27-24-21-18-15-12-9-6-3)83-77(80)71-68-65-62-59-56-53-50-47-44-40-35-32-29-26-23-20-17-14-11-8-5-2/h7-8,10-11,16-21,25-30,34-36,40,47,50,74H,4-6,9,12-15,22-24,31-33,37-39,41-46,48-49,51-73H2,1-3H3/b10-7-,11-8-,19-16-,20-17-,21-18-,28-25-,29-26-,30-27-,36-34-,40-35-,50-47-. The first-order valence-corrected chi connectivity index (χ1v) is 34.7. The summed E-state index contributed by atoms with van der Waals surface area (Å²) in [5, 5.41) is 0. The molecule has 0 fully saturated rings. The molecule has 6 nitrogen and oxygen atoms in total. The van der Waals surface area contributed by atoms with Crippen LogP contribution in [0.3, 0.4) is 0 Å². The zero-order chi connectivity index (χ0) is 59.9. The molecule has 0 bridgehead atoms. The quantitative estimate of drug-likeness (QED) is 0.0261.